The molecule has 1 heterocycles. The highest BCUT2D eigenvalue weighted by Gasteiger charge is 2.41. The van der Waals surface area contributed by atoms with Gasteiger partial charge in [0.15, 0.2) is 0 Å². The summed E-state index contributed by atoms with van der Waals surface area (Å²) >= 11 is 0. The summed E-state index contributed by atoms with van der Waals surface area (Å²) in [4.78, 5) is 24.8. The van der Waals surface area contributed by atoms with Crippen LogP contribution in [0.15, 0.2) is 54.6 Å². The average molecular weight is 392 g/mol. The number of carbonyl (C=O) groups is 2. The van der Waals surface area contributed by atoms with Gasteiger partial charge < -0.3 is 10.1 Å². The number of methoxy groups -OCH3 is 1. The minimum Gasteiger partial charge on any atom is -0.496 e. The molecule has 1 saturated heterocycles. The number of amides is 3. The van der Waals surface area contributed by atoms with E-state index in [9.17, 15) is 9.59 Å². The van der Waals surface area contributed by atoms with Crippen LogP contribution in [0.1, 0.15) is 42.7 Å². The lowest BCUT2D eigenvalue weighted by atomic mass is 9.71. The van der Waals surface area contributed by atoms with Gasteiger partial charge in [-0.1, -0.05) is 48.5 Å². The van der Waals surface area contributed by atoms with Crippen LogP contribution in [0, 0.1) is 11.8 Å². The molecule has 0 radical (unpaired) electrons. The molecular formula is C24H28N2O3. The first kappa shape index (κ1) is 19.5. The van der Waals surface area contributed by atoms with Crippen molar-refractivity contribution in [3.05, 3.63) is 65.7 Å². The second-order valence-electron chi connectivity index (χ2n) is 8.13. The van der Waals surface area contributed by atoms with E-state index in [0.29, 0.717) is 18.3 Å². The Labute approximate surface area is 171 Å². The predicted octanol–water partition coefficient (Wildman–Crippen LogP) is 4.04. The van der Waals surface area contributed by atoms with Gasteiger partial charge in [0.1, 0.15) is 5.75 Å². The van der Waals surface area contributed by atoms with E-state index in [1.807, 2.05) is 30.3 Å². The van der Waals surface area contributed by atoms with E-state index < -0.39 is 0 Å². The molecule has 2 aromatic carbocycles. The first-order chi connectivity index (χ1) is 14.2. The molecule has 2 fully saturated rings. The standard InChI is InChI=1S/C24H28N2O3/c1-29-21-10-6-5-9-19(21)15-20-22(25-24(28)26-23(20)27)18-13-11-17(12-14-18)16-7-3-2-4-8-16/h2-10,17-18,20,22H,11-15H2,1H3,(H2,25,26,27,28). The van der Waals surface area contributed by atoms with E-state index in [4.69, 9.17) is 4.74 Å². The van der Waals surface area contributed by atoms with Crippen LogP contribution in [0.25, 0.3) is 0 Å². The molecule has 2 aliphatic rings. The van der Waals surface area contributed by atoms with Crippen molar-refractivity contribution >= 4 is 11.9 Å². The van der Waals surface area contributed by atoms with Crippen LogP contribution in [0.2, 0.25) is 0 Å². The van der Waals surface area contributed by atoms with Crippen molar-refractivity contribution in [2.45, 2.75) is 44.1 Å². The molecule has 0 spiro atoms. The summed E-state index contributed by atoms with van der Waals surface area (Å²) in [5.41, 5.74) is 2.39. The Morgan fingerprint density at radius 3 is 2.34 bits per heavy atom. The van der Waals surface area contributed by atoms with E-state index in [0.717, 1.165) is 37.0 Å². The highest BCUT2D eigenvalue weighted by molar-refractivity contribution is 5.98. The second-order valence-corrected chi connectivity index (χ2v) is 8.13. The summed E-state index contributed by atoms with van der Waals surface area (Å²) in [7, 11) is 1.64. The lowest BCUT2D eigenvalue weighted by molar-refractivity contribution is -0.126. The van der Waals surface area contributed by atoms with Crippen molar-refractivity contribution in [2.75, 3.05) is 7.11 Å². The summed E-state index contributed by atoms with van der Waals surface area (Å²) in [6.45, 7) is 0. The van der Waals surface area contributed by atoms with Gasteiger partial charge in [-0.3, -0.25) is 10.1 Å². The van der Waals surface area contributed by atoms with E-state index >= 15 is 0 Å². The Morgan fingerprint density at radius 2 is 1.62 bits per heavy atom. The Morgan fingerprint density at radius 1 is 0.931 bits per heavy atom. The number of hydrogen-bond donors (Lipinski definition) is 2. The number of ether oxygens (including phenoxy) is 1. The first-order valence-corrected chi connectivity index (χ1v) is 10.4. The van der Waals surface area contributed by atoms with Crippen molar-refractivity contribution < 1.29 is 14.3 Å². The molecule has 152 valence electrons. The molecule has 0 aromatic heterocycles. The van der Waals surface area contributed by atoms with Crippen molar-refractivity contribution in [3.63, 3.8) is 0 Å². The van der Waals surface area contributed by atoms with Crippen LogP contribution in [0.3, 0.4) is 0 Å². The Hall–Kier alpha value is -2.82. The molecular weight excluding hydrogens is 364 g/mol. The number of rotatable bonds is 5. The van der Waals surface area contributed by atoms with E-state index in [-0.39, 0.29) is 23.9 Å². The molecule has 1 aliphatic heterocycles. The maximum atomic E-state index is 12.7. The van der Waals surface area contributed by atoms with Gasteiger partial charge in [0, 0.05) is 6.04 Å². The largest absolute Gasteiger partial charge is 0.496 e. The molecule has 4 rings (SSSR count). The SMILES string of the molecule is COc1ccccc1CC1C(=O)NC(=O)NC1C1CCC(c2ccccc2)CC1. The molecule has 2 N–H and O–H groups in total. The van der Waals surface area contributed by atoms with Crippen LogP contribution < -0.4 is 15.4 Å². The summed E-state index contributed by atoms with van der Waals surface area (Å²) in [5.74, 6) is 1.18. The number of nitrogens with one attached hydrogen (secondary N) is 2. The van der Waals surface area contributed by atoms with Crippen molar-refractivity contribution in [1.82, 2.24) is 10.6 Å². The van der Waals surface area contributed by atoms with Crippen molar-refractivity contribution in [2.24, 2.45) is 11.8 Å². The van der Waals surface area contributed by atoms with Crippen LogP contribution in [0.4, 0.5) is 4.79 Å². The molecule has 3 amide bonds. The van der Waals surface area contributed by atoms with Gasteiger partial charge in [0.25, 0.3) is 0 Å². The van der Waals surface area contributed by atoms with Gasteiger partial charge in [-0.2, -0.15) is 0 Å². The van der Waals surface area contributed by atoms with Crippen LogP contribution in [0.5, 0.6) is 5.75 Å². The molecule has 2 aromatic rings. The maximum Gasteiger partial charge on any atom is 0.321 e. The second kappa shape index (κ2) is 8.68. The van der Waals surface area contributed by atoms with Gasteiger partial charge in [-0.05, 0) is 61.1 Å². The highest BCUT2D eigenvalue weighted by Crippen LogP contribution is 2.39. The van der Waals surface area contributed by atoms with Crippen molar-refractivity contribution in [3.8, 4) is 5.75 Å². The van der Waals surface area contributed by atoms with E-state index in [1.165, 1.54) is 5.56 Å². The maximum absolute atomic E-state index is 12.7. The summed E-state index contributed by atoms with van der Waals surface area (Å²) in [6, 6.07) is 17.9. The Kier molecular flexibility index (Phi) is 5.84. The van der Waals surface area contributed by atoms with Gasteiger partial charge in [-0.15, -0.1) is 0 Å². The average Bonchev–Trinajstić information content (AvgIpc) is 2.76. The topological polar surface area (TPSA) is 67.4 Å². The zero-order chi connectivity index (χ0) is 20.2. The molecule has 2 unspecified atom stereocenters. The Bertz CT molecular complexity index is 859. The number of para-hydroxylation sites is 1. The normalized spacial score (nSPS) is 27.1. The third-order valence-corrected chi connectivity index (χ3v) is 6.49. The zero-order valence-electron chi connectivity index (χ0n) is 16.8. The third-order valence-electron chi connectivity index (χ3n) is 6.49. The Balaban J connectivity index is 1.49. The number of benzene rings is 2. The lowest BCUT2D eigenvalue weighted by Gasteiger charge is -2.40. The molecule has 0 bridgehead atoms. The van der Waals surface area contributed by atoms with Gasteiger partial charge in [0.05, 0.1) is 13.0 Å². The smallest absolute Gasteiger partial charge is 0.321 e. The zero-order valence-corrected chi connectivity index (χ0v) is 16.8. The summed E-state index contributed by atoms with van der Waals surface area (Å²) in [5, 5.41) is 5.53. The monoisotopic (exact) mass is 392 g/mol. The quantitative estimate of drug-likeness (QED) is 0.807. The van der Waals surface area contributed by atoms with E-state index in [1.54, 1.807) is 7.11 Å². The molecule has 5 heteroatoms. The van der Waals surface area contributed by atoms with Gasteiger partial charge >= 0.3 is 6.03 Å². The molecule has 29 heavy (non-hydrogen) atoms. The molecule has 1 aliphatic carbocycles. The number of urea groups is 1. The van der Waals surface area contributed by atoms with Crippen LogP contribution >= 0.6 is 0 Å². The number of imide groups is 1. The summed E-state index contributed by atoms with van der Waals surface area (Å²) in [6.07, 6.45) is 4.76. The molecule has 5 nitrogen and oxygen atoms in total. The van der Waals surface area contributed by atoms with Crippen LogP contribution in [-0.2, 0) is 11.2 Å². The first-order valence-electron chi connectivity index (χ1n) is 10.4. The van der Waals surface area contributed by atoms with Gasteiger partial charge in [0.2, 0.25) is 5.91 Å². The van der Waals surface area contributed by atoms with Crippen molar-refractivity contribution in [1.29, 1.82) is 0 Å². The molecule has 2 atom stereocenters. The minimum atomic E-state index is -0.374. The lowest BCUT2D eigenvalue weighted by Crippen LogP contribution is -2.61. The number of carbonyl (C=O) groups excluding carboxylic acids is 2. The highest BCUT2D eigenvalue weighted by atomic mass is 16.5. The van der Waals surface area contributed by atoms with Crippen LogP contribution in [-0.4, -0.2) is 25.1 Å². The minimum absolute atomic E-state index is 0.141. The fraction of sp³-hybridized carbons (Fsp3) is 0.417. The fourth-order valence-electron chi connectivity index (χ4n) is 4.97. The molecule has 1 saturated carbocycles. The number of hydrogen-bond acceptors (Lipinski definition) is 3. The predicted molar refractivity (Wildman–Crippen MR) is 112 cm³/mol. The van der Waals surface area contributed by atoms with E-state index in [2.05, 4.69) is 34.9 Å². The fourth-order valence-corrected chi connectivity index (χ4v) is 4.97. The van der Waals surface area contributed by atoms with Gasteiger partial charge in [-0.25, -0.2) is 4.79 Å². The summed E-state index contributed by atoms with van der Waals surface area (Å²) < 4.78 is 5.47. The third kappa shape index (κ3) is 4.29.